The van der Waals surface area contributed by atoms with Crippen LogP contribution in [0.2, 0.25) is 0 Å². The number of phenolic OH excluding ortho intramolecular Hbond substituents is 1. The van der Waals surface area contributed by atoms with Gasteiger partial charge < -0.3 is 40.0 Å². The zero-order valence-electron chi connectivity index (χ0n) is 43.8. The second-order valence-electron chi connectivity index (χ2n) is 20.6. The first-order valence-corrected chi connectivity index (χ1v) is 25.0. The van der Waals surface area contributed by atoms with Crippen molar-refractivity contribution in [3.05, 3.63) is 106 Å². The maximum atomic E-state index is 14.8. The van der Waals surface area contributed by atoms with Crippen LogP contribution in [0.25, 0.3) is 33.3 Å². The van der Waals surface area contributed by atoms with Crippen molar-refractivity contribution in [2.75, 3.05) is 48.0 Å². The van der Waals surface area contributed by atoms with E-state index in [1.807, 2.05) is 24.4 Å². The Morgan fingerprint density at radius 2 is 1.78 bits per heavy atom. The van der Waals surface area contributed by atoms with Crippen molar-refractivity contribution in [3.8, 4) is 33.9 Å². The molecule has 0 unspecified atom stereocenters. The molecular formula is C55H72N9O9+. The van der Waals surface area contributed by atoms with E-state index in [0.717, 1.165) is 44.4 Å². The number of aromatic nitrogens is 2. The van der Waals surface area contributed by atoms with Crippen LogP contribution in [0.5, 0.6) is 11.5 Å². The smallest absolute Gasteiger partial charge is 0.326 e. The summed E-state index contributed by atoms with van der Waals surface area (Å²) < 4.78 is 13.2. The van der Waals surface area contributed by atoms with Crippen LogP contribution in [0.1, 0.15) is 82.7 Å². The number of hydrogen-bond donors (Lipinski definition) is 4. The van der Waals surface area contributed by atoms with E-state index >= 15 is 0 Å². The van der Waals surface area contributed by atoms with Crippen LogP contribution in [0.4, 0.5) is 0 Å². The van der Waals surface area contributed by atoms with E-state index in [0.29, 0.717) is 54.2 Å². The molecule has 2 aromatic heterocycles. The summed E-state index contributed by atoms with van der Waals surface area (Å²) in [5, 5.41) is 16.7. The van der Waals surface area contributed by atoms with Gasteiger partial charge in [0.1, 0.15) is 23.6 Å². The molecule has 0 spiro atoms. The molecule has 18 heteroatoms. The van der Waals surface area contributed by atoms with Gasteiger partial charge in [0.2, 0.25) is 22.6 Å². The third-order valence-electron chi connectivity index (χ3n) is 14.1. The lowest BCUT2D eigenvalue weighted by atomic mass is 9.84. The van der Waals surface area contributed by atoms with Gasteiger partial charge in [-0.25, -0.2) is 4.84 Å². The highest BCUT2D eigenvalue weighted by molar-refractivity contribution is 5.96. The number of likely N-dealkylation sites (N-methyl/N-ethyl adjacent to an activating group) is 2. The number of pyridine rings is 1. The molecule has 2 aliphatic heterocycles. The molecule has 1 fully saturated rings. The van der Waals surface area contributed by atoms with Crippen LogP contribution in [-0.2, 0) is 54.7 Å². The lowest BCUT2D eigenvalue weighted by Gasteiger charge is -2.35. The zero-order valence-corrected chi connectivity index (χ0v) is 43.8. The first-order valence-electron chi connectivity index (χ1n) is 25.0. The Morgan fingerprint density at radius 3 is 2.47 bits per heavy atom. The van der Waals surface area contributed by atoms with Crippen molar-refractivity contribution in [3.63, 3.8) is 0 Å². The highest BCUT2D eigenvalue weighted by Gasteiger charge is 2.41. The number of amides is 4. The van der Waals surface area contributed by atoms with Crippen molar-refractivity contribution >= 4 is 34.5 Å². The standard InChI is InChI=1S/C55H71N9O9/c1-11-62-46-19-16-37-27-42(46)43(51(62)44-29-57-21-20-38(44)31-71-9)28-55(5,6)32-73-64(70)47-13-12-22-63(59-47)54(69)45(25-35-23-39(37)26-40(65)24-35)58-52(67)50(33(2)3)61(8)48(66)30-60(7)53(68)34(4)49(56)36-14-17-41(72-10)18-15-36/h14-21,23-24,26-27,29,33-34,45,47,49-50,59H,11-13,22,25,28,30-32,56H2,1-10H3,(H-,58,65,67)/p+1/t34-,45-,47+,49-,50-/m0/s1. The van der Waals surface area contributed by atoms with Gasteiger partial charge in [-0.3, -0.25) is 29.2 Å². The Bertz CT molecular complexity index is 2830. The van der Waals surface area contributed by atoms with E-state index in [1.54, 1.807) is 77.6 Å². The quantitative estimate of drug-likeness (QED) is 0.0965. The molecular weight excluding hydrogens is 931 g/mol. The van der Waals surface area contributed by atoms with E-state index in [9.17, 15) is 29.2 Å². The van der Waals surface area contributed by atoms with Crippen LogP contribution in [-0.4, -0.2) is 124 Å². The van der Waals surface area contributed by atoms with Gasteiger partial charge in [-0.15, -0.1) is 0 Å². The van der Waals surface area contributed by atoms with E-state index in [4.69, 9.17) is 20.0 Å². The lowest BCUT2D eigenvalue weighted by Crippen LogP contribution is -2.62. The number of phenols is 1. The number of carbonyl (C=O) groups is 4. The van der Waals surface area contributed by atoms with Crippen LogP contribution in [0.15, 0.2) is 79.1 Å². The fraction of sp³-hybridized carbons (Fsp3) is 0.473. The highest BCUT2D eigenvalue weighted by Crippen LogP contribution is 2.41. The van der Waals surface area contributed by atoms with Crippen molar-refractivity contribution in [2.45, 2.75) is 105 Å². The number of benzene rings is 3. The summed E-state index contributed by atoms with van der Waals surface area (Å²) in [6.45, 7) is 12.5. The summed E-state index contributed by atoms with van der Waals surface area (Å²) in [7, 11) is 6.25. The van der Waals surface area contributed by atoms with Gasteiger partial charge in [0, 0.05) is 87.5 Å². The van der Waals surface area contributed by atoms with Gasteiger partial charge in [-0.1, -0.05) is 58.9 Å². The number of nitrogens with zero attached hydrogens (tertiary/aromatic N) is 6. The average Bonchev–Trinajstić information content (AvgIpc) is 3.67. The second kappa shape index (κ2) is 22.9. The number of aryl methyl sites for hydroxylation is 1. The molecule has 4 heterocycles. The van der Waals surface area contributed by atoms with Crippen LogP contribution >= 0.6 is 0 Å². The SMILES string of the molecule is CCn1c(-c2cnccc2COC)c2c3cc(ccc31)-c1cc(O)cc(c1)C[C@H](NC(=O)[C@H](C(C)C)N(C)C(=O)CN(C)C(=O)[C@@H](C)[C@H](N)c1ccc(OC)cc1)C(=O)N1CCC[C@H](N1)[N+](=O)OCC(C)(C)C2. The summed E-state index contributed by atoms with van der Waals surface area (Å²) in [5.41, 5.74) is 16.7. The molecule has 4 amide bonds. The van der Waals surface area contributed by atoms with E-state index in [-0.39, 0.29) is 37.8 Å². The van der Waals surface area contributed by atoms with Crippen LogP contribution in [0, 0.1) is 22.2 Å². The predicted octanol–water partition coefficient (Wildman–Crippen LogP) is 6.30. The first-order chi connectivity index (χ1) is 34.7. The second-order valence-corrected chi connectivity index (χ2v) is 20.6. The maximum Gasteiger partial charge on any atom is 0.326 e. The number of ether oxygens (including phenoxy) is 2. The summed E-state index contributed by atoms with van der Waals surface area (Å²) in [5.74, 6) is -2.47. The van der Waals surface area contributed by atoms with Crippen molar-refractivity contribution in [2.24, 2.45) is 23.0 Å². The van der Waals surface area contributed by atoms with E-state index in [2.05, 4.69) is 53.2 Å². The molecule has 5 aromatic rings. The first kappa shape index (κ1) is 53.9. The van der Waals surface area contributed by atoms with Gasteiger partial charge in [0.05, 0.1) is 36.8 Å². The molecule has 7 rings (SSSR count). The predicted molar refractivity (Wildman–Crippen MR) is 277 cm³/mol. The molecule has 0 radical (unpaired) electrons. The Kier molecular flexibility index (Phi) is 16.9. The molecule has 6 bridgehead atoms. The van der Waals surface area contributed by atoms with Gasteiger partial charge in [-0.2, -0.15) is 5.43 Å². The Balaban J connectivity index is 1.22. The summed E-state index contributed by atoms with van der Waals surface area (Å²) in [4.78, 5) is 84.7. The number of hydrogen-bond acceptors (Lipinski definition) is 12. The number of rotatable bonds is 14. The largest absolute Gasteiger partial charge is 0.508 e. The van der Waals surface area contributed by atoms with Crippen LogP contribution in [0.3, 0.4) is 0 Å². The number of methoxy groups -OCH3 is 2. The normalized spacial score (nSPS) is 18.3. The van der Waals surface area contributed by atoms with Gasteiger partial charge in [0.25, 0.3) is 5.91 Å². The Hall–Kier alpha value is -6.89. The topological polar surface area (TPSA) is 214 Å². The molecule has 5 N–H and O–H groups in total. The van der Waals surface area contributed by atoms with E-state index in [1.165, 1.54) is 28.9 Å². The Morgan fingerprint density at radius 1 is 1.04 bits per heavy atom. The fourth-order valence-corrected chi connectivity index (χ4v) is 10.2. The molecule has 1 saturated heterocycles. The Labute approximate surface area is 427 Å². The number of nitrogens with one attached hydrogen (secondary N) is 2. The molecule has 390 valence electrons. The van der Waals surface area contributed by atoms with Crippen LogP contribution < -0.4 is 21.2 Å². The number of hydrazine groups is 1. The fourth-order valence-electron chi connectivity index (χ4n) is 10.2. The minimum Gasteiger partial charge on any atom is -0.508 e. The molecule has 3 aromatic carbocycles. The van der Waals surface area contributed by atoms with Gasteiger partial charge in [0.15, 0.2) is 6.61 Å². The minimum atomic E-state index is -1.22. The highest BCUT2D eigenvalue weighted by atomic mass is 16.8. The molecule has 18 nitrogen and oxygen atoms in total. The molecule has 0 aliphatic carbocycles. The molecule has 0 saturated carbocycles. The number of aromatic hydroxyl groups is 1. The zero-order chi connectivity index (χ0) is 52.9. The number of fused-ring (bicyclic) bond motifs is 6. The number of carbonyl (C=O) groups excluding carboxylic acids is 4. The average molecular weight is 1000 g/mol. The third-order valence-corrected chi connectivity index (χ3v) is 14.1. The molecule has 2 aliphatic rings. The molecule has 73 heavy (non-hydrogen) atoms. The summed E-state index contributed by atoms with van der Waals surface area (Å²) >= 11 is 0. The van der Waals surface area contributed by atoms with Gasteiger partial charge >= 0.3 is 6.17 Å². The van der Waals surface area contributed by atoms with Crippen molar-refractivity contribution in [1.82, 2.24) is 35.1 Å². The monoisotopic (exact) mass is 1000 g/mol. The van der Waals surface area contributed by atoms with E-state index < -0.39 is 59.3 Å². The lowest BCUT2D eigenvalue weighted by molar-refractivity contribution is -0.835. The maximum absolute atomic E-state index is 14.8. The van der Waals surface area contributed by atoms with Gasteiger partial charge in [-0.05, 0) is 102 Å². The summed E-state index contributed by atoms with van der Waals surface area (Å²) in [6.07, 6.45) is 4.00. The van der Waals surface area contributed by atoms with Crippen molar-refractivity contribution < 1.29 is 43.5 Å². The van der Waals surface area contributed by atoms with Crippen molar-refractivity contribution in [1.29, 1.82) is 0 Å². The third kappa shape index (κ3) is 12.0. The number of nitrogens with two attached hydrogens (primary N) is 1. The molecule has 5 atom stereocenters. The minimum absolute atomic E-state index is 0.0362. The summed E-state index contributed by atoms with van der Waals surface area (Å²) in [6, 6.07) is 17.5.